The number of nitrogens with one attached hydrogen (secondary N) is 1. The first-order valence-corrected chi connectivity index (χ1v) is 7.32. The second kappa shape index (κ2) is 6.23. The third-order valence-corrected chi connectivity index (χ3v) is 4.06. The van der Waals surface area contributed by atoms with Gasteiger partial charge in [0.15, 0.2) is 0 Å². The third-order valence-electron chi connectivity index (χ3n) is 4.06. The van der Waals surface area contributed by atoms with E-state index >= 15 is 0 Å². The summed E-state index contributed by atoms with van der Waals surface area (Å²) in [5, 5.41) is 16.0. The number of carbonyl (C=O) groups excluding carboxylic acids is 1. The highest BCUT2D eigenvalue weighted by Crippen LogP contribution is 2.11. The van der Waals surface area contributed by atoms with Gasteiger partial charge in [0.05, 0.1) is 11.6 Å². The van der Waals surface area contributed by atoms with Crippen LogP contribution in [0, 0.1) is 5.92 Å². The Hall–Kier alpha value is -2.64. The molecule has 2 atom stereocenters. The minimum Gasteiger partial charge on any atom is -0.480 e. The summed E-state index contributed by atoms with van der Waals surface area (Å²) in [5.41, 5.74) is 0.0304. The minimum atomic E-state index is -1.12. The molecule has 8 heteroatoms. The Balaban J connectivity index is 2.44. The van der Waals surface area contributed by atoms with Crippen LogP contribution in [0.4, 0.5) is 0 Å². The number of aromatic nitrogens is 3. The Morgan fingerprint density at radius 2 is 2.04 bits per heavy atom. The van der Waals surface area contributed by atoms with Gasteiger partial charge < -0.3 is 15.0 Å². The lowest BCUT2D eigenvalue weighted by Gasteiger charge is -2.20. The molecular weight excluding hydrogens is 300 g/mol. The van der Waals surface area contributed by atoms with Crippen LogP contribution in [-0.4, -0.2) is 37.4 Å². The molecule has 2 heterocycles. The molecule has 1 amide bonds. The Morgan fingerprint density at radius 1 is 1.39 bits per heavy atom. The molecule has 2 aromatic heterocycles. The van der Waals surface area contributed by atoms with Gasteiger partial charge in [-0.05, 0) is 5.92 Å². The number of carboxylic acids is 1. The van der Waals surface area contributed by atoms with Crippen molar-refractivity contribution in [1.29, 1.82) is 0 Å². The Kier molecular flexibility index (Phi) is 4.53. The summed E-state index contributed by atoms with van der Waals surface area (Å²) in [5.74, 6) is -2.06. The Bertz CT molecular complexity index is 821. The van der Waals surface area contributed by atoms with Gasteiger partial charge in [-0.15, -0.1) is 0 Å². The molecule has 124 valence electrons. The zero-order valence-electron chi connectivity index (χ0n) is 13.5. The van der Waals surface area contributed by atoms with Crippen molar-refractivity contribution in [3.05, 3.63) is 28.2 Å². The monoisotopic (exact) mass is 320 g/mol. The highest BCUT2D eigenvalue weighted by molar-refractivity contribution is 5.98. The number of carboxylic acid groups (broad SMARTS) is 1. The van der Waals surface area contributed by atoms with Crippen LogP contribution in [0.1, 0.15) is 30.6 Å². The van der Waals surface area contributed by atoms with E-state index in [1.165, 1.54) is 17.1 Å². The second-order valence-electron chi connectivity index (χ2n) is 5.66. The number of nitrogens with zero attached hydrogens (tertiary/aromatic N) is 3. The number of hydrogen-bond acceptors (Lipinski definition) is 4. The summed E-state index contributed by atoms with van der Waals surface area (Å²) in [6, 6.07) is -1.04. The van der Waals surface area contributed by atoms with Gasteiger partial charge in [0.2, 0.25) is 5.43 Å². The van der Waals surface area contributed by atoms with Crippen molar-refractivity contribution in [3.8, 4) is 0 Å². The molecule has 23 heavy (non-hydrogen) atoms. The van der Waals surface area contributed by atoms with Gasteiger partial charge >= 0.3 is 5.97 Å². The molecule has 0 radical (unpaired) electrons. The highest BCUT2D eigenvalue weighted by atomic mass is 16.4. The average molecular weight is 320 g/mol. The minimum absolute atomic E-state index is 0.0949. The molecule has 0 aromatic carbocycles. The quantitative estimate of drug-likeness (QED) is 0.834. The van der Waals surface area contributed by atoms with Crippen molar-refractivity contribution in [2.75, 3.05) is 0 Å². The smallest absolute Gasteiger partial charge is 0.326 e. The lowest BCUT2D eigenvalue weighted by Crippen LogP contribution is -2.46. The average Bonchev–Trinajstić information content (AvgIpc) is 2.89. The van der Waals surface area contributed by atoms with E-state index in [-0.39, 0.29) is 11.5 Å². The fourth-order valence-corrected chi connectivity index (χ4v) is 2.53. The van der Waals surface area contributed by atoms with Gasteiger partial charge in [0.1, 0.15) is 17.3 Å². The molecule has 0 saturated heterocycles. The standard InChI is InChI=1S/C15H20N4O4/c1-5-8(2)11(15(22)23)17-13(21)10-7-18(3)14-9(12(10)20)6-16-19(14)4/h6-8,11H,5H2,1-4H3,(H,17,21)(H,22,23)/t8-,11-/m0/s1. The van der Waals surface area contributed by atoms with E-state index in [9.17, 15) is 19.5 Å². The summed E-state index contributed by atoms with van der Waals surface area (Å²) >= 11 is 0. The number of amides is 1. The van der Waals surface area contributed by atoms with E-state index in [0.29, 0.717) is 17.5 Å². The van der Waals surface area contributed by atoms with Crippen LogP contribution in [0.15, 0.2) is 17.2 Å². The first-order valence-electron chi connectivity index (χ1n) is 7.32. The topological polar surface area (TPSA) is 106 Å². The van der Waals surface area contributed by atoms with E-state index in [2.05, 4.69) is 10.4 Å². The number of aliphatic carboxylic acids is 1. The Labute approximate surface area is 132 Å². The summed E-state index contributed by atoms with van der Waals surface area (Å²) in [7, 11) is 3.40. The molecule has 2 rings (SSSR count). The van der Waals surface area contributed by atoms with Crippen LogP contribution in [0.3, 0.4) is 0 Å². The van der Waals surface area contributed by atoms with E-state index in [1.807, 2.05) is 6.92 Å². The number of fused-ring (bicyclic) bond motifs is 1. The normalized spacial score (nSPS) is 13.7. The second-order valence-corrected chi connectivity index (χ2v) is 5.66. The first kappa shape index (κ1) is 16.7. The maximum atomic E-state index is 12.5. The summed E-state index contributed by atoms with van der Waals surface area (Å²) < 4.78 is 3.16. The zero-order valence-corrected chi connectivity index (χ0v) is 13.5. The fraction of sp³-hybridized carbons (Fsp3) is 0.467. The van der Waals surface area contributed by atoms with Crippen molar-refractivity contribution >= 4 is 22.9 Å². The van der Waals surface area contributed by atoms with E-state index in [1.54, 1.807) is 25.6 Å². The van der Waals surface area contributed by atoms with Crippen LogP contribution >= 0.6 is 0 Å². The molecule has 0 aliphatic carbocycles. The van der Waals surface area contributed by atoms with Crippen LogP contribution < -0.4 is 10.7 Å². The fourth-order valence-electron chi connectivity index (χ4n) is 2.53. The van der Waals surface area contributed by atoms with Crippen molar-refractivity contribution in [2.45, 2.75) is 26.3 Å². The lowest BCUT2D eigenvalue weighted by molar-refractivity contribution is -0.140. The molecule has 0 aliphatic heterocycles. The number of aryl methyl sites for hydroxylation is 2. The number of pyridine rings is 1. The summed E-state index contributed by atoms with van der Waals surface area (Å²) in [6.07, 6.45) is 3.39. The maximum absolute atomic E-state index is 12.5. The van der Waals surface area contributed by atoms with E-state index < -0.39 is 23.3 Å². The van der Waals surface area contributed by atoms with Crippen LogP contribution in [0.5, 0.6) is 0 Å². The molecule has 0 saturated carbocycles. The molecule has 8 nitrogen and oxygen atoms in total. The van der Waals surface area contributed by atoms with Crippen molar-refractivity contribution in [2.24, 2.45) is 20.0 Å². The van der Waals surface area contributed by atoms with E-state index in [4.69, 9.17) is 0 Å². The van der Waals surface area contributed by atoms with Gasteiger partial charge in [0.25, 0.3) is 5.91 Å². The maximum Gasteiger partial charge on any atom is 0.326 e. The molecule has 2 N–H and O–H groups in total. The number of carbonyl (C=O) groups is 2. The predicted octanol–water partition coefficient (Wildman–Crippen LogP) is 0.501. The molecule has 0 spiro atoms. The number of rotatable bonds is 5. The lowest BCUT2D eigenvalue weighted by atomic mass is 9.99. The number of hydrogen-bond donors (Lipinski definition) is 2. The van der Waals surface area contributed by atoms with Gasteiger partial charge in [-0.3, -0.25) is 14.3 Å². The molecule has 0 aliphatic rings. The van der Waals surface area contributed by atoms with Gasteiger partial charge in [-0.2, -0.15) is 5.10 Å². The first-order chi connectivity index (χ1) is 10.8. The van der Waals surface area contributed by atoms with Crippen molar-refractivity contribution in [3.63, 3.8) is 0 Å². The largest absolute Gasteiger partial charge is 0.480 e. The van der Waals surface area contributed by atoms with Gasteiger partial charge in [0, 0.05) is 20.3 Å². The van der Waals surface area contributed by atoms with Crippen LogP contribution in [-0.2, 0) is 18.9 Å². The SMILES string of the molecule is CC[C@H](C)[C@H](NC(=O)c1cn(C)c2c(cnn2C)c1=O)C(=O)O. The molecule has 2 aromatic rings. The summed E-state index contributed by atoms with van der Waals surface area (Å²) in [4.78, 5) is 36.2. The van der Waals surface area contributed by atoms with Gasteiger partial charge in [-0.1, -0.05) is 20.3 Å². The van der Waals surface area contributed by atoms with Crippen molar-refractivity contribution in [1.82, 2.24) is 19.7 Å². The van der Waals surface area contributed by atoms with Gasteiger partial charge in [-0.25, -0.2) is 4.79 Å². The molecule has 0 fully saturated rings. The van der Waals surface area contributed by atoms with Crippen molar-refractivity contribution < 1.29 is 14.7 Å². The van der Waals surface area contributed by atoms with E-state index in [0.717, 1.165) is 0 Å². The predicted molar refractivity (Wildman–Crippen MR) is 84.3 cm³/mol. The van der Waals surface area contributed by atoms with Crippen LogP contribution in [0.2, 0.25) is 0 Å². The third kappa shape index (κ3) is 2.96. The summed E-state index contributed by atoms with van der Waals surface area (Å²) in [6.45, 7) is 3.58. The van der Waals surface area contributed by atoms with Crippen LogP contribution in [0.25, 0.3) is 11.0 Å². The highest BCUT2D eigenvalue weighted by Gasteiger charge is 2.27. The molecular formula is C15H20N4O4. The Morgan fingerprint density at radius 3 is 2.61 bits per heavy atom. The molecule has 0 unspecified atom stereocenters. The molecule has 0 bridgehead atoms. The zero-order chi connectivity index (χ0) is 17.3.